The first-order chi connectivity index (χ1) is 14.2. The van der Waals surface area contributed by atoms with Gasteiger partial charge in [-0.3, -0.25) is 15.6 Å². The Morgan fingerprint density at radius 2 is 1.77 bits per heavy atom. The number of carbonyl (C=O) groups is 1. The highest BCUT2D eigenvalue weighted by molar-refractivity contribution is 6.33. The number of benzene rings is 2. The number of nitrogens with two attached hydrogens (primary N) is 1. The Balaban J connectivity index is 1.72. The number of hydrogen-bond donors (Lipinski definition) is 4. The van der Waals surface area contributed by atoms with Crippen LogP contribution in [-0.2, 0) is 17.4 Å². The van der Waals surface area contributed by atoms with E-state index in [9.17, 15) is 18.0 Å². The lowest BCUT2D eigenvalue weighted by atomic mass is 10.1. The van der Waals surface area contributed by atoms with Crippen LogP contribution < -0.4 is 21.9 Å². The highest BCUT2D eigenvalue weighted by atomic mass is 35.5. The molecule has 0 spiro atoms. The van der Waals surface area contributed by atoms with Crippen molar-refractivity contribution in [2.24, 2.45) is 0 Å². The van der Waals surface area contributed by atoms with Gasteiger partial charge in [0.25, 0.3) is 0 Å². The summed E-state index contributed by atoms with van der Waals surface area (Å²) in [7, 11) is 0. The van der Waals surface area contributed by atoms with Gasteiger partial charge in [0.05, 0.1) is 22.7 Å². The van der Waals surface area contributed by atoms with Gasteiger partial charge in [-0.15, -0.1) is 0 Å². The Hall–Kier alpha value is -3.53. The third-order valence-electron chi connectivity index (χ3n) is 3.96. The molecule has 7 nitrogen and oxygen atoms in total. The molecule has 0 saturated carbocycles. The van der Waals surface area contributed by atoms with Crippen molar-refractivity contribution >= 4 is 40.5 Å². The number of rotatable bonds is 6. The summed E-state index contributed by atoms with van der Waals surface area (Å²) in [5.41, 5.74) is 10.9. The number of aromatic nitrogens is 2. The summed E-state index contributed by atoms with van der Waals surface area (Å²) in [6, 6.07) is 11.9. The Morgan fingerprint density at radius 1 is 1.07 bits per heavy atom. The summed E-state index contributed by atoms with van der Waals surface area (Å²) in [6.07, 6.45) is -3.27. The largest absolute Gasteiger partial charge is 0.416 e. The maximum Gasteiger partial charge on any atom is 0.416 e. The van der Waals surface area contributed by atoms with Gasteiger partial charge in [0.2, 0.25) is 5.91 Å². The van der Waals surface area contributed by atoms with E-state index in [0.717, 1.165) is 30.1 Å². The third kappa shape index (κ3) is 5.29. The standard InChI is InChI=1S/C19H16ClF3N6O/c20-13-7-6-12(19(21,22)23)9-14(13)27-17-16(24)18(26-10-25-17)29-28-15(30)8-11-4-2-1-3-5-11/h1-7,9-10H,8,24H2,(H,28,30)(H2,25,26,27,29). The molecule has 156 valence electrons. The molecule has 5 N–H and O–H groups in total. The van der Waals surface area contributed by atoms with Crippen molar-refractivity contribution in [3.63, 3.8) is 0 Å². The molecule has 0 fully saturated rings. The number of halogens is 4. The maximum absolute atomic E-state index is 12.9. The number of nitrogens with one attached hydrogen (secondary N) is 3. The molecule has 1 heterocycles. The van der Waals surface area contributed by atoms with Crippen LogP contribution in [0.15, 0.2) is 54.9 Å². The summed E-state index contributed by atoms with van der Waals surface area (Å²) in [4.78, 5) is 19.9. The number of hydrogen-bond acceptors (Lipinski definition) is 6. The lowest BCUT2D eigenvalue weighted by Gasteiger charge is -2.15. The fourth-order valence-electron chi connectivity index (χ4n) is 2.47. The second-order valence-corrected chi connectivity index (χ2v) is 6.54. The number of nitrogens with zero attached hydrogens (tertiary/aromatic N) is 2. The molecule has 0 unspecified atom stereocenters. The van der Waals surface area contributed by atoms with E-state index < -0.39 is 11.7 Å². The van der Waals surface area contributed by atoms with Crippen molar-refractivity contribution < 1.29 is 18.0 Å². The number of anilines is 4. The molecule has 3 aromatic rings. The molecule has 1 amide bonds. The molecule has 0 aliphatic rings. The van der Waals surface area contributed by atoms with Gasteiger partial charge in [0, 0.05) is 0 Å². The number of carbonyl (C=O) groups excluding carboxylic acids is 1. The van der Waals surface area contributed by atoms with Crippen molar-refractivity contribution in [3.05, 3.63) is 71.0 Å². The van der Waals surface area contributed by atoms with Crippen LogP contribution in [0.25, 0.3) is 0 Å². The van der Waals surface area contributed by atoms with Gasteiger partial charge in [-0.05, 0) is 23.8 Å². The zero-order chi connectivity index (χ0) is 21.7. The van der Waals surface area contributed by atoms with Crippen LogP contribution in [0.3, 0.4) is 0 Å². The Labute approximate surface area is 174 Å². The van der Waals surface area contributed by atoms with Gasteiger partial charge in [0.15, 0.2) is 11.6 Å². The summed E-state index contributed by atoms with van der Waals surface area (Å²) in [5.74, 6) is -0.252. The highest BCUT2D eigenvalue weighted by Crippen LogP contribution is 2.35. The van der Waals surface area contributed by atoms with Gasteiger partial charge in [-0.2, -0.15) is 13.2 Å². The zero-order valence-corrected chi connectivity index (χ0v) is 16.1. The van der Waals surface area contributed by atoms with E-state index in [0.29, 0.717) is 0 Å². The van der Waals surface area contributed by atoms with Crippen molar-refractivity contribution in [1.29, 1.82) is 0 Å². The second-order valence-electron chi connectivity index (χ2n) is 6.14. The molecule has 0 saturated heterocycles. The van der Waals surface area contributed by atoms with Gasteiger partial charge < -0.3 is 11.1 Å². The monoisotopic (exact) mass is 436 g/mol. The Kier molecular flexibility index (Phi) is 6.26. The average Bonchev–Trinajstić information content (AvgIpc) is 2.70. The van der Waals surface area contributed by atoms with E-state index >= 15 is 0 Å². The van der Waals surface area contributed by atoms with Crippen LogP contribution in [0.2, 0.25) is 5.02 Å². The van der Waals surface area contributed by atoms with E-state index in [1.165, 1.54) is 0 Å². The quantitative estimate of drug-likeness (QED) is 0.432. The van der Waals surface area contributed by atoms with Crippen molar-refractivity contribution in [2.75, 3.05) is 16.5 Å². The highest BCUT2D eigenvalue weighted by Gasteiger charge is 2.31. The van der Waals surface area contributed by atoms with Gasteiger partial charge in [-0.1, -0.05) is 41.9 Å². The molecule has 0 atom stereocenters. The minimum Gasteiger partial charge on any atom is -0.393 e. The maximum atomic E-state index is 12.9. The van der Waals surface area contributed by atoms with E-state index in [1.807, 2.05) is 18.2 Å². The minimum absolute atomic E-state index is 0.0195. The summed E-state index contributed by atoms with van der Waals surface area (Å²) in [5, 5.41) is 2.71. The first kappa shape index (κ1) is 21.2. The molecule has 1 aromatic heterocycles. The Morgan fingerprint density at radius 3 is 2.47 bits per heavy atom. The van der Waals surface area contributed by atoms with Crippen molar-refractivity contribution in [3.8, 4) is 0 Å². The van der Waals surface area contributed by atoms with E-state index in [2.05, 4.69) is 26.1 Å². The fourth-order valence-corrected chi connectivity index (χ4v) is 2.64. The molecule has 11 heteroatoms. The van der Waals surface area contributed by atoms with Gasteiger partial charge in [0.1, 0.15) is 12.0 Å². The molecule has 0 radical (unpaired) electrons. The van der Waals surface area contributed by atoms with Gasteiger partial charge >= 0.3 is 6.18 Å². The normalized spacial score (nSPS) is 11.1. The molecule has 0 aliphatic heterocycles. The number of hydrazine groups is 1. The van der Waals surface area contributed by atoms with Gasteiger partial charge in [-0.25, -0.2) is 9.97 Å². The number of nitrogen functional groups attached to an aromatic ring is 1. The summed E-state index contributed by atoms with van der Waals surface area (Å²) in [6.45, 7) is 0. The topological polar surface area (TPSA) is 105 Å². The zero-order valence-electron chi connectivity index (χ0n) is 15.3. The fraction of sp³-hybridized carbons (Fsp3) is 0.105. The summed E-state index contributed by atoms with van der Waals surface area (Å²) >= 11 is 5.98. The molecular formula is C19H16ClF3N6O. The van der Waals surface area contributed by atoms with Crippen LogP contribution in [-0.4, -0.2) is 15.9 Å². The first-order valence-corrected chi connectivity index (χ1v) is 8.95. The average molecular weight is 437 g/mol. The predicted molar refractivity (Wildman–Crippen MR) is 108 cm³/mol. The van der Waals surface area contributed by atoms with Crippen molar-refractivity contribution in [1.82, 2.24) is 15.4 Å². The van der Waals surface area contributed by atoms with E-state index in [4.69, 9.17) is 17.3 Å². The second kappa shape index (κ2) is 8.87. The third-order valence-corrected chi connectivity index (χ3v) is 4.29. The number of alkyl halides is 3. The molecule has 0 bridgehead atoms. The van der Waals surface area contributed by atoms with E-state index in [-0.39, 0.29) is 40.4 Å². The minimum atomic E-state index is -4.53. The number of amides is 1. The lowest BCUT2D eigenvalue weighted by Crippen LogP contribution is -2.31. The van der Waals surface area contributed by atoms with E-state index in [1.54, 1.807) is 12.1 Å². The lowest BCUT2D eigenvalue weighted by molar-refractivity contribution is -0.137. The molecule has 3 rings (SSSR count). The van der Waals surface area contributed by atoms with Crippen LogP contribution in [0.5, 0.6) is 0 Å². The summed E-state index contributed by atoms with van der Waals surface area (Å²) < 4.78 is 38.8. The van der Waals surface area contributed by atoms with Crippen LogP contribution >= 0.6 is 11.6 Å². The van der Waals surface area contributed by atoms with Crippen LogP contribution in [0, 0.1) is 0 Å². The molecule has 2 aromatic carbocycles. The SMILES string of the molecule is Nc1c(NNC(=O)Cc2ccccc2)ncnc1Nc1cc(C(F)(F)F)ccc1Cl. The smallest absolute Gasteiger partial charge is 0.393 e. The Bertz CT molecular complexity index is 1050. The van der Waals surface area contributed by atoms with Crippen LogP contribution in [0.1, 0.15) is 11.1 Å². The predicted octanol–water partition coefficient (Wildman–Crippen LogP) is 4.16. The van der Waals surface area contributed by atoms with Crippen molar-refractivity contribution in [2.45, 2.75) is 12.6 Å². The van der Waals surface area contributed by atoms with Crippen LogP contribution in [0.4, 0.5) is 36.2 Å². The molecular weight excluding hydrogens is 421 g/mol. The molecule has 0 aliphatic carbocycles. The first-order valence-electron chi connectivity index (χ1n) is 8.57. The molecule has 30 heavy (non-hydrogen) atoms.